The van der Waals surface area contributed by atoms with Gasteiger partial charge in [0.05, 0.1) is 29.6 Å². The van der Waals surface area contributed by atoms with Gasteiger partial charge < -0.3 is 35.4 Å². The van der Waals surface area contributed by atoms with Crippen molar-refractivity contribution in [3.63, 3.8) is 0 Å². The van der Waals surface area contributed by atoms with E-state index in [4.69, 9.17) is 40.6 Å². The molecule has 2 saturated carbocycles. The van der Waals surface area contributed by atoms with Gasteiger partial charge in [-0.3, -0.25) is 0 Å². The second kappa shape index (κ2) is 38.2. The second-order valence-electron chi connectivity index (χ2n) is 21.3. The van der Waals surface area contributed by atoms with Crippen LogP contribution >= 0.6 is 39.5 Å². The van der Waals surface area contributed by atoms with Crippen molar-refractivity contribution in [1.82, 2.24) is 44.7 Å². The molecule has 512 valence electrons. The van der Waals surface area contributed by atoms with Crippen LogP contribution in [0, 0.1) is 11.3 Å². The average Bonchev–Trinajstić information content (AvgIpc) is 1.63. The highest BCUT2D eigenvalue weighted by atomic mass is 79.9. The first-order chi connectivity index (χ1) is 46.3. The van der Waals surface area contributed by atoms with Crippen molar-refractivity contribution in [2.45, 2.75) is 146 Å². The number of ether oxygens (including phenoxy) is 1. The first-order valence-corrected chi connectivity index (χ1v) is 33.4. The molecule has 0 aliphatic heterocycles. The molecule has 2 aliphatic carbocycles. The minimum absolute atomic E-state index is 0.0419. The number of thioether (sulfide) groups is 2. The Hall–Kier alpha value is -9.66. The minimum Gasteiger partial charge on any atom is -0.477 e. The lowest BCUT2D eigenvalue weighted by atomic mass is 9.96. The molecule has 0 spiro atoms. The summed E-state index contributed by atoms with van der Waals surface area (Å²) >= 11 is 5.92. The average molecular weight is 1440 g/mol. The Morgan fingerprint density at radius 3 is 1.55 bits per heavy atom. The number of aromatic carboxylic acids is 6. The zero-order valence-corrected chi connectivity index (χ0v) is 57.0. The summed E-state index contributed by atoms with van der Waals surface area (Å²) < 4.78 is 44.9. The predicted molar refractivity (Wildman–Crippen MR) is 359 cm³/mol. The molecule has 0 radical (unpaired) electrons. The molecule has 0 atom stereocenters. The maximum atomic E-state index is 12.5. The summed E-state index contributed by atoms with van der Waals surface area (Å²) in [4.78, 5) is 93.8. The van der Waals surface area contributed by atoms with Gasteiger partial charge in [0.1, 0.15) is 5.75 Å². The summed E-state index contributed by atoms with van der Waals surface area (Å²) in [5, 5.41) is 66.1. The van der Waals surface area contributed by atoms with E-state index in [1.165, 1.54) is 72.8 Å². The van der Waals surface area contributed by atoms with Crippen molar-refractivity contribution in [3.05, 3.63) is 194 Å². The van der Waals surface area contributed by atoms with Gasteiger partial charge in [-0.25, -0.2) is 68.3 Å². The number of hydrogen-bond acceptors (Lipinski definition) is 18. The first-order valence-electron chi connectivity index (χ1n) is 30.6. The third-order valence-electron chi connectivity index (χ3n) is 13.9. The predicted octanol–water partition coefficient (Wildman–Crippen LogP) is 15.3. The van der Waals surface area contributed by atoms with Crippen LogP contribution in [0.2, 0.25) is 0 Å². The summed E-state index contributed by atoms with van der Waals surface area (Å²) in [5.41, 5.74) is 4.74. The van der Waals surface area contributed by atoms with Crippen LogP contribution in [0.1, 0.15) is 201 Å². The van der Waals surface area contributed by atoms with Crippen LogP contribution in [0.4, 0.5) is 13.2 Å². The summed E-state index contributed by atoms with van der Waals surface area (Å²) in [7, 11) is 0. The second-order valence-corrected chi connectivity index (χ2v) is 24.8. The van der Waals surface area contributed by atoms with Crippen LogP contribution in [0.5, 0.6) is 11.6 Å². The van der Waals surface area contributed by atoms with Gasteiger partial charge >= 0.3 is 42.0 Å². The summed E-state index contributed by atoms with van der Waals surface area (Å²) in [6, 6.07) is 20.8. The number of carboxylic acids is 6. The van der Waals surface area contributed by atoms with E-state index in [0.29, 0.717) is 39.5 Å². The zero-order valence-electron chi connectivity index (χ0n) is 53.8. The van der Waals surface area contributed by atoms with Crippen molar-refractivity contribution < 1.29 is 77.3 Å². The van der Waals surface area contributed by atoms with E-state index in [9.17, 15) is 41.9 Å². The van der Waals surface area contributed by atoms with E-state index in [2.05, 4.69) is 68.9 Å². The van der Waals surface area contributed by atoms with Gasteiger partial charge in [-0.1, -0.05) is 91.5 Å². The van der Waals surface area contributed by atoms with Crippen LogP contribution in [0.3, 0.4) is 0 Å². The lowest BCUT2D eigenvalue weighted by Crippen LogP contribution is -2.10. The molecule has 23 nitrogen and oxygen atoms in total. The van der Waals surface area contributed by atoms with Crippen molar-refractivity contribution in [2.75, 3.05) is 11.5 Å². The Kier molecular flexibility index (Phi) is 30.7. The maximum absolute atomic E-state index is 12.5. The van der Waals surface area contributed by atoms with Crippen LogP contribution in [-0.4, -0.2) is 123 Å². The number of carbonyl (C=O) groups is 6. The van der Waals surface area contributed by atoms with Gasteiger partial charge in [-0.15, -0.1) is 23.5 Å². The molecule has 10 rings (SSSR count). The largest absolute Gasteiger partial charge is 0.477 e. The number of halogens is 4. The van der Waals surface area contributed by atoms with Gasteiger partial charge in [0, 0.05) is 57.5 Å². The molecule has 0 amide bonds. The summed E-state index contributed by atoms with van der Waals surface area (Å²) in [5.74, 6) is -3.13. The Bertz CT molecular complexity index is 4060. The number of aryl methyl sites for hydroxylation is 4. The Morgan fingerprint density at radius 1 is 0.577 bits per heavy atom. The molecule has 29 heteroatoms. The van der Waals surface area contributed by atoms with Crippen LogP contribution in [0.15, 0.2) is 131 Å². The third kappa shape index (κ3) is 23.9. The van der Waals surface area contributed by atoms with E-state index in [0.717, 1.165) is 113 Å². The van der Waals surface area contributed by atoms with Gasteiger partial charge in [0.25, 0.3) is 0 Å². The molecular formula is C68H72BrF3N10O13S2. The first kappa shape index (κ1) is 78.0. The quantitative estimate of drug-likeness (QED) is 0.0324. The van der Waals surface area contributed by atoms with E-state index in [-0.39, 0.29) is 39.9 Å². The minimum atomic E-state index is -4.53. The molecule has 2 fully saturated rings. The van der Waals surface area contributed by atoms with Crippen LogP contribution in [-0.2, 0) is 37.3 Å². The van der Waals surface area contributed by atoms with Gasteiger partial charge in [-0.05, 0) is 154 Å². The lowest BCUT2D eigenvalue weighted by molar-refractivity contribution is -0.141. The Morgan fingerprint density at radius 2 is 1.06 bits per heavy atom. The number of aromatic nitrogens is 9. The highest BCUT2D eigenvalue weighted by Crippen LogP contribution is 2.47. The molecule has 0 saturated heterocycles. The molecule has 6 N–H and O–H groups in total. The molecule has 0 aromatic carbocycles. The van der Waals surface area contributed by atoms with Crippen molar-refractivity contribution in [2.24, 2.45) is 0 Å². The fourth-order valence-corrected chi connectivity index (χ4v) is 11.1. The molecule has 8 aromatic rings. The van der Waals surface area contributed by atoms with Gasteiger partial charge in [-0.2, -0.15) is 23.5 Å². The van der Waals surface area contributed by atoms with Crippen molar-refractivity contribution >= 4 is 75.3 Å². The van der Waals surface area contributed by atoms with E-state index in [1.54, 1.807) is 55.0 Å². The highest BCUT2D eigenvalue weighted by molar-refractivity contribution is 9.10. The summed E-state index contributed by atoms with van der Waals surface area (Å²) in [6.45, 7) is 11.8. The molecule has 2 aliphatic rings. The number of alkyl halides is 3. The fourth-order valence-electron chi connectivity index (χ4n) is 9.11. The molecular weight excluding hydrogens is 1370 g/mol. The number of hydrogen-bond donors (Lipinski definition) is 6. The monoisotopic (exact) mass is 1440 g/mol. The number of carboxylic acid groups (broad SMARTS) is 6. The molecule has 8 aromatic heterocycles. The van der Waals surface area contributed by atoms with E-state index >= 15 is 0 Å². The Labute approximate surface area is 574 Å². The standard InChI is InChI=1S/C13H12N2O3S.C13H14N2O2.C12H10F3N3O2S.C12H15NO2.C9H10BrNO2.C9H11NO2/c1-2-19-10-7-9(8-15-12(10)13(16)17)18-11-5-3-4-6-14-11;1-2-3-9-6-10(13(8-14)4-5-13)7-15-11(9)12(16)17;1-2-21-8-5-7(6-16-10(8)11(19)20)18-4-3-9(17-18)12(13,14)15;1-2-3-9-6-10(8-4-5-8)7-13-11(9)12(14)15;1-2-3-6-4-7(10)5-11-8(6)9(12)13;1-2-4-7-5-3-6-10-8(7)9(11)12/h3-8H,2H2,1H3,(H,16,17);6-7H,2-5H2,1H3,(H,16,17);3-6H,2H2,1H3,(H,19,20);6-8H,2-5H2,1H3,(H,14,15);4-5H,2-3H2,1H3,(H,12,13);3,5-6H,2,4H2,1H3,(H,11,12). The zero-order chi connectivity index (χ0) is 71.4. The number of nitriles is 1. The molecule has 97 heavy (non-hydrogen) atoms. The topological polar surface area (TPSA) is 365 Å². The molecule has 0 unspecified atom stereocenters. The smallest absolute Gasteiger partial charge is 0.435 e. The SMILES string of the molecule is CCCc1cc(Br)cnc1C(=O)O.CCCc1cc(C2(C#N)CC2)cnc1C(=O)O.CCCc1cc(C2CC2)cnc1C(=O)O.CCCc1cccnc1C(=O)O.CCSc1cc(-n2ccc(C(F)(F)F)n2)cnc1C(=O)O.CCSc1cc(Oc2ccccn2)cnc1C(=O)O. The van der Waals surface area contributed by atoms with Crippen molar-refractivity contribution in [3.8, 4) is 23.4 Å². The van der Waals surface area contributed by atoms with E-state index < -0.39 is 53.1 Å². The van der Waals surface area contributed by atoms with Crippen LogP contribution < -0.4 is 4.74 Å². The van der Waals surface area contributed by atoms with Crippen molar-refractivity contribution in [1.29, 1.82) is 5.26 Å². The fraction of sp³-hybridized carbons (Fsp3) is 0.338. The number of pyridine rings is 7. The van der Waals surface area contributed by atoms with Gasteiger partial charge in [0.15, 0.2) is 39.9 Å². The summed E-state index contributed by atoms with van der Waals surface area (Å²) in [6.07, 6.45) is 17.9. The van der Waals surface area contributed by atoms with Crippen LogP contribution in [0.25, 0.3) is 5.69 Å². The maximum Gasteiger partial charge on any atom is 0.435 e. The van der Waals surface area contributed by atoms with E-state index in [1.807, 2.05) is 52.8 Å². The third-order valence-corrected chi connectivity index (χ3v) is 16.2. The number of rotatable bonds is 23. The van der Waals surface area contributed by atoms with Gasteiger partial charge in [0.2, 0.25) is 5.88 Å². The highest BCUT2D eigenvalue weighted by Gasteiger charge is 2.45. The normalized spacial score (nSPS) is 12.3. The Balaban J connectivity index is 0.000000212. The lowest BCUT2D eigenvalue weighted by Gasteiger charge is -2.10. The number of nitrogens with zero attached hydrogens (tertiary/aromatic N) is 10. The molecule has 8 heterocycles. The molecule has 0 bridgehead atoms.